The van der Waals surface area contributed by atoms with Crippen molar-refractivity contribution in [3.63, 3.8) is 0 Å². The minimum Gasteiger partial charge on any atom is -0.373 e. The topological polar surface area (TPSA) is 55.6 Å². The molecular weight excluding hydrogens is 294 g/mol. The predicted molar refractivity (Wildman–Crippen MR) is 73.4 cm³/mol. The fourth-order valence-corrected chi connectivity index (χ4v) is 2.04. The molecule has 0 aliphatic carbocycles. The van der Waals surface area contributed by atoms with Gasteiger partial charge in [-0.2, -0.15) is 0 Å². The van der Waals surface area contributed by atoms with Crippen LogP contribution in [0.25, 0.3) is 0 Å². The van der Waals surface area contributed by atoms with E-state index in [2.05, 4.69) is 0 Å². The first-order valence-electron chi connectivity index (χ1n) is 5.68. The van der Waals surface area contributed by atoms with E-state index in [1.165, 1.54) is 12.1 Å². The lowest BCUT2D eigenvalue weighted by atomic mass is 10.1. The van der Waals surface area contributed by atoms with Gasteiger partial charge in [-0.15, -0.1) is 12.4 Å². The number of amides is 1. The zero-order valence-electron chi connectivity index (χ0n) is 10.1. The standard InChI is InChI=1S/C12H14ClFN2O2.ClH/c13-8-1-2-10(11(14)5-8)12(17)16-3-4-18-9(6-15)7-16;/h1-2,5,9H,3-4,6-7,15H2;1H. The Morgan fingerprint density at radius 3 is 2.95 bits per heavy atom. The maximum atomic E-state index is 13.6. The molecule has 1 aliphatic rings. The summed E-state index contributed by atoms with van der Waals surface area (Å²) in [6.07, 6.45) is -0.182. The molecular formula is C12H15Cl2FN2O2. The van der Waals surface area contributed by atoms with Gasteiger partial charge in [0.05, 0.1) is 18.3 Å². The molecule has 1 unspecified atom stereocenters. The third kappa shape index (κ3) is 3.79. The van der Waals surface area contributed by atoms with Gasteiger partial charge in [0, 0.05) is 24.7 Å². The first-order chi connectivity index (χ1) is 8.61. The molecule has 2 N–H and O–H groups in total. The van der Waals surface area contributed by atoms with E-state index in [0.717, 1.165) is 6.07 Å². The molecule has 7 heteroatoms. The summed E-state index contributed by atoms with van der Waals surface area (Å²) in [6.45, 7) is 1.59. The van der Waals surface area contributed by atoms with Crippen LogP contribution in [0, 0.1) is 5.82 Å². The highest BCUT2D eigenvalue weighted by Gasteiger charge is 2.25. The molecule has 1 saturated heterocycles. The Hall–Kier alpha value is -0.880. The molecule has 0 saturated carbocycles. The van der Waals surface area contributed by atoms with Gasteiger partial charge in [-0.1, -0.05) is 11.6 Å². The normalized spacial score (nSPS) is 18.9. The van der Waals surface area contributed by atoms with E-state index in [0.29, 0.717) is 26.2 Å². The van der Waals surface area contributed by atoms with E-state index in [9.17, 15) is 9.18 Å². The Labute approximate surface area is 122 Å². The molecule has 19 heavy (non-hydrogen) atoms. The number of hydrogen-bond acceptors (Lipinski definition) is 3. The van der Waals surface area contributed by atoms with Crippen molar-refractivity contribution >= 4 is 29.9 Å². The molecule has 1 aliphatic heterocycles. The van der Waals surface area contributed by atoms with Crippen molar-refractivity contribution in [1.82, 2.24) is 4.90 Å². The monoisotopic (exact) mass is 308 g/mol. The number of ether oxygens (including phenoxy) is 1. The van der Waals surface area contributed by atoms with Gasteiger partial charge in [-0.25, -0.2) is 4.39 Å². The van der Waals surface area contributed by atoms with Crippen molar-refractivity contribution in [2.45, 2.75) is 6.10 Å². The summed E-state index contributed by atoms with van der Waals surface area (Å²) in [5, 5.41) is 0.269. The van der Waals surface area contributed by atoms with Gasteiger partial charge in [-0.3, -0.25) is 4.79 Å². The quantitative estimate of drug-likeness (QED) is 0.905. The van der Waals surface area contributed by atoms with Crippen molar-refractivity contribution in [3.8, 4) is 0 Å². The van der Waals surface area contributed by atoms with Crippen LogP contribution in [0.3, 0.4) is 0 Å². The largest absolute Gasteiger partial charge is 0.373 e. The molecule has 1 amide bonds. The molecule has 4 nitrogen and oxygen atoms in total. The molecule has 0 aromatic heterocycles. The first kappa shape index (κ1) is 16.2. The van der Waals surface area contributed by atoms with Crippen LogP contribution in [0.5, 0.6) is 0 Å². The lowest BCUT2D eigenvalue weighted by Gasteiger charge is -2.32. The minimum absolute atomic E-state index is 0. The molecule has 0 radical (unpaired) electrons. The van der Waals surface area contributed by atoms with E-state index in [1.54, 1.807) is 4.90 Å². The Morgan fingerprint density at radius 2 is 2.32 bits per heavy atom. The van der Waals surface area contributed by atoms with Crippen molar-refractivity contribution < 1.29 is 13.9 Å². The van der Waals surface area contributed by atoms with Crippen LogP contribution in [-0.4, -0.2) is 43.2 Å². The zero-order chi connectivity index (χ0) is 13.1. The summed E-state index contributed by atoms with van der Waals surface area (Å²) in [6, 6.07) is 4.03. The minimum atomic E-state index is -0.608. The molecule has 1 aromatic rings. The highest BCUT2D eigenvalue weighted by atomic mass is 35.5. The number of carbonyl (C=O) groups is 1. The number of benzene rings is 1. The Morgan fingerprint density at radius 1 is 1.58 bits per heavy atom. The number of morpholine rings is 1. The van der Waals surface area contributed by atoms with E-state index >= 15 is 0 Å². The molecule has 1 heterocycles. The number of hydrogen-bond donors (Lipinski definition) is 1. The number of carbonyl (C=O) groups excluding carboxylic acids is 1. The Balaban J connectivity index is 0.00000180. The van der Waals surface area contributed by atoms with E-state index in [-0.39, 0.29) is 35.0 Å². The third-order valence-electron chi connectivity index (χ3n) is 2.85. The lowest BCUT2D eigenvalue weighted by Crippen LogP contribution is -2.48. The summed E-state index contributed by atoms with van der Waals surface area (Å²) in [7, 11) is 0. The Bertz CT molecular complexity index is 459. The first-order valence-corrected chi connectivity index (χ1v) is 6.05. The molecule has 2 rings (SSSR count). The van der Waals surface area contributed by atoms with Crippen molar-refractivity contribution in [2.24, 2.45) is 5.73 Å². The smallest absolute Gasteiger partial charge is 0.256 e. The molecule has 0 spiro atoms. The molecule has 1 fully saturated rings. The second-order valence-electron chi connectivity index (χ2n) is 4.10. The zero-order valence-corrected chi connectivity index (χ0v) is 11.7. The maximum absolute atomic E-state index is 13.6. The number of rotatable bonds is 2. The molecule has 1 atom stereocenters. The number of halogens is 3. The predicted octanol–water partition coefficient (Wildman–Crippen LogP) is 1.70. The van der Waals surface area contributed by atoms with Crippen LogP contribution in [0.2, 0.25) is 5.02 Å². The number of nitrogens with zero attached hydrogens (tertiary/aromatic N) is 1. The fraction of sp³-hybridized carbons (Fsp3) is 0.417. The van der Waals surface area contributed by atoms with Crippen LogP contribution in [0.4, 0.5) is 4.39 Å². The van der Waals surface area contributed by atoms with Gasteiger partial charge >= 0.3 is 0 Å². The van der Waals surface area contributed by atoms with Gasteiger partial charge in [0.25, 0.3) is 5.91 Å². The van der Waals surface area contributed by atoms with Crippen molar-refractivity contribution in [3.05, 3.63) is 34.6 Å². The van der Waals surface area contributed by atoms with Crippen molar-refractivity contribution in [1.29, 1.82) is 0 Å². The van der Waals surface area contributed by atoms with Crippen molar-refractivity contribution in [2.75, 3.05) is 26.2 Å². The summed E-state index contributed by atoms with van der Waals surface area (Å²) in [4.78, 5) is 13.7. The average molecular weight is 309 g/mol. The van der Waals surface area contributed by atoms with E-state index in [4.69, 9.17) is 22.1 Å². The maximum Gasteiger partial charge on any atom is 0.256 e. The molecule has 1 aromatic carbocycles. The van der Waals surface area contributed by atoms with Gasteiger partial charge in [-0.05, 0) is 18.2 Å². The second kappa shape index (κ2) is 7.05. The van der Waals surface area contributed by atoms with Crippen LogP contribution in [0.15, 0.2) is 18.2 Å². The van der Waals surface area contributed by atoms with Gasteiger partial charge in [0.1, 0.15) is 5.82 Å². The summed E-state index contributed by atoms with van der Waals surface area (Å²) >= 11 is 5.65. The van der Waals surface area contributed by atoms with Gasteiger partial charge in [0.15, 0.2) is 0 Å². The molecule has 0 bridgehead atoms. The number of nitrogens with two attached hydrogens (primary N) is 1. The highest BCUT2D eigenvalue weighted by molar-refractivity contribution is 6.30. The highest BCUT2D eigenvalue weighted by Crippen LogP contribution is 2.17. The average Bonchev–Trinajstić information content (AvgIpc) is 2.38. The van der Waals surface area contributed by atoms with E-state index in [1.807, 2.05) is 0 Å². The van der Waals surface area contributed by atoms with Crippen LogP contribution < -0.4 is 5.73 Å². The second-order valence-corrected chi connectivity index (χ2v) is 4.54. The van der Waals surface area contributed by atoms with Crippen LogP contribution in [0.1, 0.15) is 10.4 Å². The molecule has 106 valence electrons. The fourth-order valence-electron chi connectivity index (χ4n) is 1.88. The Kier molecular flexibility index (Phi) is 6.00. The van der Waals surface area contributed by atoms with E-state index < -0.39 is 5.82 Å². The summed E-state index contributed by atoms with van der Waals surface area (Å²) in [5.74, 6) is -0.964. The van der Waals surface area contributed by atoms with Gasteiger partial charge in [0.2, 0.25) is 0 Å². The van der Waals surface area contributed by atoms with Crippen LogP contribution in [-0.2, 0) is 4.74 Å². The van der Waals surface area contributed by atoms with Crippen LogP contribution >= 0.6 is 24.0 Å². The summed E-state index contributed by atoms with van der Waals surface area (Å²) < 4.78 is 19.0. The SMILES string of the molecule is Cl.NCC1CN(C(=O)c2ccc(Cl)cc2F)CCO1. The summed E-state index contributed by atoms with van der Waals surface area (Å²) in [5.41, 5.74) is 5.52. The third-order valence-corrected chi connectivity index (χ3v) is 3.09. The van der Waals surface area contributed by atoms with Gasteiger partial charge < -0.3 is 15.4 Å². The lowest BCUT2D eigenvalue weighted by molar-refractivity contribution is -0.0169.